The molecule has 0 radical (unpaired) electrons. The van der Waals surface area contributed by atoms with Crippen LogP contribution in [0.1, 0.15) is 43.4 Å². The van der Waals surface area contributed by atoms with Gasteiger partial charge in [0.15, 0.2) is 0 Å². The Labute approximate surface area is 117 Å². The Bertz CT molecular complexity index is 454. The number of benzene rings is 1. The standard InChI is InChI=1S/C15H20BrNO/c1-15(2,10-17-14(16)18)13-8-7-11-5-3-4-6-12(11)9-13/h7-9H,3-6,10H2,1-2H3,(H,17,18). The highest BCUT2D eigenvalue weighted by molar-refractivity contribution is 9.18. The summed E-state index contributed by atoms with van der Waals surface area (Å²) in [6.07, 6.45) is 5.03. The van der Waals surface area contributed by atoms with Crippen molar-refractivity contribution in [1.29, 1.82) is 0 Å². The highest BCUT2D eigenvalue weighted by Crippen LogP contribution is 2.28. The molecule has 0 spiro atoms. The van der Waals surface area contributed by atoms with Gasteiger partial charge in [-0.25, -0.2) is 0 Å². The predicted octanol–water partition coefficient (Wildman–Crippen LogP) is 3.95. The van der Waals surface area contributed by atoms with Crippen molar-refractivity contribution in [1.82, 2.24) is 5.32 Å². The predicted molar refractivity (Wildman–Crippen MR) is 78.4 cm³/mol. The van der Waals surface area contributed by atoms with Crippen molar-refractivity contribution in [2.75, 3.05) is 6.54 Å². The van der Waals surface area contributed by atoms with Crippen LogP contribution in [0.4, 0.5) is 4.79 Å². The molecular weight excluding hydrogens is 290 g/mol. The maximum absolute atomic E-state index is 11.0. The molecule has 0 saturated carbocycles. The van der Waals surface area contributed by atoms with Crippen LogP contribution in [0.25, 0.3) is 0 Å². The van der Waals surface area contributed by atoms with Crippen LogP contribution in [0.2, 0.25) is 0 Å². The third kappa shape index (κ3) is 3.14. The van der Waals surface area contributed by atoms with E-state index in [0.717, 1.165) is 0 Å². The average Bonchev–Trinajstić information content (AvgIpc) is 2.36. The minimum Gasteiger partial charge on any atom is -0.346 e. The number of hydrogen-bond donors (Lipinski definition) is 1. The molecule has 0 saturated heterocycles. The van der Waals surface area contributed by atoms with E-state index >= 15 is 0 Å². The van der Waals surface area contributed by atoms with E-state index in [2.05, 4.69) is 53.3 Å². The van der Waals surface area contributed by atoms with Gasteiger partial charge in [0.05, 0.1) is 0 Å². The molecule has 2 rings (SSSR count). The summed E-state index contributed by atoms with van der Waals surface area (Å²) >= 11 is 2.91. The number of hydrogen-bond acceptors (Lipinski definition) is 1. The number of fused-ring (bicyclic) bond motifs is 1. The van der Waals surface area contributed by atoms with Gasteiger partial charge in [0.2, 0.25) is 0 Å². The van der Waals surface area contributed by atoms with E-state index < -0.39 is 0 Å². The van der Waals surface area contributed by atoms with Crippen molar-refractivity contribution in [2.45, 2.75) is 44.9 Å². The van der Waals surface area contributed by atoms with E-state index in [0.29, 0.717) is 6.54 Å². The largest absolute Gasteiger partial charge is 0.346 e. The maximum atomic E-state index is 11.0. The SMILES string of the molecule is CC(C)(CNC(=O)Br)c1ccc2c(c1)CCCC2. The van der Waals surface area contributed by atoms with E-state index in [1.165, 1.54) is 42.4 Å². The zero-order valence-corrected chi connectivity index (χ0v) is 12.6. The molecule has 3 heteroatoms. The van der Waals surface area contributed by atoms with Crippen molar-refractivity contribution in [3.63, 3.8) is 0 Å². The fourth-order valence-corrected chi connectivity index (χ4v) is 2.69. The smallest absolute Gasteiger partial charge is 0.287 e. The maximum Gasteiger partial charge on any atom is 0.287 e. The van der Waals surface area contributed by atoms with Gasteiger partial charge in [0, 0.05) is 27.9 Å². The molecule has 18 heavy (non-hydrogen) atoms. The molecule has 1 aliphatic rings. The molecule has 0 heterocycles. The minimum absolute atomic E-state index is 0.0318. The van der Waals surface area contributed by atoms with E-state index in [9.17, 15) is 4.79 Å². The van der Waals surface area contributed by atoms with Crippen molar-refractivity contribution >= 4 is 20.7 Å². The molecule has 1 aliphatic carbocycles. The van der Waals surface area contributed by atoms with E-state index in [1.807, 2.05) is 0 Å². The Morgan fingerprint density at radius 1 is 1.28 bits per heavy atom. The van der Waals surface area contributed by atoms with Gasteiger partial charge >= 0.3 is 0 Å². The summed E-state index contributed by atoms with van der Waals surface area (Å²) in [5.41, 5.74) is 4.28. The lowest BCUT2D eigenvalue weighted by Gasteiger charge is -2.27. The number of carbonyl (C=O) groups is 1. The number of nitrogens with one attached hydrogen (secondary N) is 1. The van der Waals surface area contributed by atoms with Gasteiger partial charge in [-0.2, -0.15) is 0 Å². The summed E-state index contributed by atoms with van der Waals surface area (Å²) in [7, 11) is 0. The molecule has 0 bridgehead atoms. The highest BCUT2D eigenvalue weighted by atomic mass is 79.9. The molecule has 0 unspecified atom stereocenters. The van der Waals surface area contributed by atoms with Crippen LogP contribution in [-0.4, -0.2) is 11.4 Å². The Morgan fingerprint density at radius 2 is 1.94 bits per heavy atom. The fourth-order valence-electron chi connectivity index (χ4n) is 2.55. The van der Waals surface area contributed by atoms with Gasteiger partial charge in [-0.3, -0.25) is 4.79 Å². The van der Waals surface area contributed by atoms with Gasteiger partial charge < -0.3 is 5.32 Å². The second-order valence-electron chi connectivity index (χ2n) is 5.70. The summed E-state index contributed by atoms with van der Waals surface area (Å²) < 4.78 is 0. The first-order valence-electron chi connectivity index (χ1n) is 6.55. The molecular formula is C15H20BrNO. The van der Waals surface area contributed by atoms with Crippen molar-refractivity contribution in [3.05, 3.63) is 34.9 Å². The summed E-state index contributed by atoms with van der Waals surface area (Å²) in [5, 5.41) is 2.84. The second-order valence-corrected chi connectivity index (χ2v) is 6.42. The normalized spacial score (nSPS) is 15.1. The summed E-state index contributed by atoms with van der Waals surface area (Å²) in [6, 6.07) is 6.81. The third-order valence-electron chi connectivity index (χ3n) is 3.80. The monoisotopic (exact) mass is 309 g/mol. The minimum atomic E-state index is -0.145. The Hall–Kier alpha value is -0.830. The molecule has 98 valence electrons. The molecule has 0 atom stereocenters. The molecule has 1 aromatic rings. The summed E-state index contributed by atoms with van der Waals surface area (Å²) in [4.78, 5) is 10.8. The van der Waals surface area contributed by atoms with Crippen LogP contribution >= 0.6 is 15.9 Å². The second kappa shape index (κ2) is 5.43. The quantitative estimate of drug-likeness (QED) is 0.665. The molecule has 2 nitrogen and oxygen atoms in total. The molecule has 1 N–H and O–H groups in total. The van der Waals surface area contributed by atoms with Crippen LogP contribution in [0, 0.1) is 0 Å². The first kappa shape index (κ1) is 13.6. The zero-order chi connectivity index (χ0) is 13.2. The fraction of sp³-hybridized carbons (Fsp3) is 0.533. The highest BCUT2D eigenvalue weighted by Gasteiger charge is 2.22. The number of aryl methyl sites for hydroxylation is 2. The molecule has 0 aliphatic heterocycles. The first-order valence-corrected chi connectivity index (χ1v) is 7.34. The zero-order valence-electron chi connectivity index (χ0n) is 11.1. The van der Waals surface area contributed by atoms with Gasteiger partial charge in [-0.1, -0.05) is 32.0 Å². The molecule has 1 aromatic carbocycles. The lowest BCUT2D eigenvalue weighted by Crippen LogP contribution is -2.34. The molecule has 0 aromatic heterocycles. The Morgan fingerprint density at radius 3 is 2.61 bits per heavy atom. The van der Waals surface area contributed by atoms with Gasteiger partial charge in [-0.05, 0) is 42.4 Å². The van der Waals surface area contributed by atoms with Gasteiger partial charge in [-0.15, -0.1) is 0 Å². The third-order valence-corrected chi connectivity index (χ3v) is 4.08. The van der Waals surface area contributed by atoms with Crippen molar-refractivity contribution in [3.8, 4) is 0 Å². The van der Waals surface area contributed by atoms with Crippen LogP contribution < -0.4 is 5.32 Å². The summed E-state index contributed by atoms with van der Waals surface area (Å²) in [6.45, 7) is 4.98. The van der Waals surface area contributed by atoms with Crippen molar-refractivity contribution in [2.24, 2.45) is 0 Å². The number of amides is 1. The Balaban J connectivity index is 2.19. The number of halogens is 1. The lowest BCUT2D eigenvalue weighted by atomic mass is 9.81. The number of carbonyl (C=O) groups excluding carboxylic acids is 1. The number of rotatable bonds is 3. The van der Waals surface area contributed by atoms with Crippen LogP contribution in [0.5, 0.6) is 0 Å². The van der Waals surface area contributed by atoms with Gasteiger partial charge in [0.1, 0.15) is 0 Å². The van der Waals surface area contributed by atoms with E-state index in [4.69, 9.17) is 0 Å². The van der Waals surface area contributed by atoms with E-state index in [1.54, 1.807) is 0 Å². The topological polar surface area (TPSA) is 29.1 Å². The summed E-state index contributed by atoms with van der Waals surface area (Å²) in [5.74, 6) is 0. The Kier molecular flexibility index (Phi) is 4.10. The molecule has 0 fully saturated rings. The van der Waals surface area contributed by atoms with Gasteiger partial charge in [0.25, 0.3) is 4.82 Å². The lowest BCUT2D eigenvalue weighted by molar-refractivity contribution is 0.259. The van der Waals surface area contributed by atoms with Crippen LogP contribution in [0.15, 0.2) is 18.2 Å². The molecule has 1 amide bonds. The van der Waals surface area contributed by atoms with E-state index in [-0.39, 0.29) is 10.2 Å². The van der Waals surface area contributed by atoms with Crippen molar-refractivity contribution < 1.29 is 4.79 Å². The first-order chi connectivity index (χ1) is 8.49. The van der Waals surface area contributed by atoms with Crippen LogP contribution in [0.3, 0.4) is 0 Å². The van der Waals surface area contributed by atoms with Crippen LogP contribution in [-0.2, 0) is 18.3 Å². The average molecular weight is 310 g/mol.